The van der Waals surface area contributed by atoms with Crippen molar-refractivity contribution in [2.45, 2.75) is 26.7 Å². The predicted octanol–water partition coefficient (Wildman–Crippen LogP) is 2.04. The van der Waals surface area contributed by atoms with Crippen molar-refractivity contribution in [3.63, 3.8) is 0 Å². The largest absolute Gasteiger partial charge is 0.396 e. The first-order chi connectivity index (χ1) is 9.47. The van der Waals surface area contributed by atoms with Gasteiger partial charge in [-0.1, -0.05) is 13.3 Å². The van der Waals surface area contributed by atoms with Gasteiger partial charge in [-0.3, -0.25) is 14.9 Å². The summed E-state index contributed by atoms with van der Waals surface area (Å²) in [6.45, 7) is 4.25. The number of aryl methyl sites for hydroxylation is 1. The Morgan fingerprint density at radius 2 is 2.15 bits per heavy atom. The zero-order valence-corrected chi connectivity index (χ0v) is 11.8. The third kappa shape index (κ3) is 4.62. The molecule has 0 aliphatic carbocycles. The van der Waals surface area contributed by atoms with Crippen molar-refractivity contribution >= 4 is 11.6 Å². The van der Waals surface area contributed by atoms with Gasteiger partial charge in [0.1, 0.15) is 0 Å². The minimum atomic E-state index is -0.510. The summed E-state index contributed by atoms with van der Waals surface area (Å²) in [5, 5.41) is 22.4. The zero-order valence-electron chi connectivity index (χ0n) is 11.8. The highest BCUT2D eigenvalue weighted by Gasteiger charge is 2.14. The second-order valence-corrected chi connectivity index (χ2v) is 4.81. The van der Waals surface area contributed by atoms with Crippen molar-refractivity contribution in [2.24, 2.45) is 5.92 Å². The number of nitro benzene ring substituents is 1. The summed E-state index contributed by atoms with van der Waals surface area (Å²) < 4.78 is 0. The molecule has 6 heteroatoms. The van der Waals surface area contributed by atoms with Crippen molar-refractivity contribution in [1.29, 1.82) is 0 Å². The maximum Gasteiger partial charge on any atom is 0.270 e. The molecule has 2 N–H and O–H groups in total. The molecule has 0 aromatic heterocycles. The predicted molar refractivity (Wildman–Crippen MR) is 75.7 cm³/mol. The van der Waals surface area contributed by atoms with Crippen molar-refractivity contribution in [1.82, 2.24) is 5.32 Å². The van der Waals surface area contributed by atoms with E-state index in [1.54, 1.807) is 13.0 Å². The number of aliphatic hydroxyl groups is 1. The minimum absolute atomic E-state index is 0.0856. The Bertz CT molecular complexity index is 488. The topological polar surface area (TPSA) is 92.5 Å². The minimum Gasteiger partial charge on any atom is -0.396 e. The lowest BCUT2D eigenvalue weighted by Gasteiger charge is -2.14. The van der Waals surface area contributed by atoms with Gasteiger partial charge in [-0.2, -0.15) is 0 Å². The molecule has 0 spiro atoms. The SMILES string of the molecule is CCC(CCO)CNC(=O)c1cc(C)cc([N+](=O)[O-])c1. The molecule has 0 radical (unpaired) electrons. The number of amides is 1. The van der Waals surface area contributed by atoms with E-state index in [0.717, 1.165) is 6.42 Å². The Kier molecular flexibility index (Phi) is 6.11. The van der Waals surface area contributed by atoms with E-state index >= 15 is 0 Å². The fourth-order valence-electron chi connectivity index (χ4n) is 1.97. The molecule has 1 aromatic rings. The summed E-state index contributed by atoms with van der Waals surface area (Å²) in [7, 11) is 0. The van der Waals surface area contributed by atoms with Crippen molar-refractivity contribution < 1.29 is 14.8 Å². The van der Waals surface area contributed by atoms with Crippen LogP contribution in [0.15, 0.2) is 18.2 Å². The van der Waals surface area contributed by atoms with Crippen LogP contribution in [0.1, 0.15) is 35.7 Å². The fourth-order valence-corrected chi connectivity index (χ4v) is 1.97. The summed E-state index contributed by atoms with van der Waals surface area (Å²) in [6.07, 6.45) is 1.49. The molecule has 0 aliphatic rings. The van der Waals surface area contributed by atoms with Crippen molar-refractivity contribution in [3.05, 3.63) is 39.4 Å². The Morgan fingerprint density at radius 3 is 2.70 bits per heavy atom. The monoisotopic (exact) mass is 280 g/mol. The van der Waals surface area contributed by atoms with E-state index in [-0.39, 0.29) is 29.7 Å². The highest BCUT2D eigenvalue weighted by atomic mass is 16.6. The third-order valence-corrected chi connectivity index (χ3v) is 3.20. The number of hydrogen-bond donors (Lipinski definition) is 2. The Morgan fingerprint density at radius 1 is 1.45 bits per heavy atom. The first kappa shape index (κ1) is 16.1. The van der Waals surface area contributed by atoms with Crippen LogP contribution >= 0.6 is 0 Å². The molecule has 6 nitrogen and oxygen atoms in total. The molecule has 0 saturated carbocycles. The second kappa shape index (κ2) is 7.59. The molecular weight excluding hydrogens is 260 g/mol. The van der Waals surface area contributed by atoms with Crippen LogP contribution in [0.5, 0.6) is 0 Å². The summed E-state index contributed by atoms with van der Waals surface area (Å²) in [5.74, 6) is -0.114. The maximum atomic E-state index is 12.0. The molecule has 0 heterocycles. The van der Waals surface area contributed by atoms with Crippen LogP contribution in [-0.2, 0) is 0 Å². The first-order valence-corrected chi connectivity index (χ1v) is 6.63. The summed E-state index contributed by atoms with van der Waals surface area (Å²) in [4.78, 5) is 22.3. The average molecular weight is 280 g/mol. The van der Waals surface area contributed by atoms with Gasteiger partial charge in [-0.25, -0.2) is 0 Å². The van der Waals surface area contributed by atoms with Crippen LogP contribution in [0.2, 0.25) is 0 Å². The normalized spacial score (nSPS) is 11.9. The van der Waals surface area contributed by atoms with E-state index in [0.29, 0.717) is 18.5 Å². The number of nitrogens with zero attached hydrogens (tertiary/aromatic N) is 1. The maximum absolute atomic E-state index is 12.0. The van der Waals surface area contributed by atoms with E-state index in [9.17, 15) is 14.9 Å². The van der Waals surface area contributed by atoms with E-state index < -0.39 is 4.92 Å². The quantitative estimate of drug-likeness (QED) is 0.590. The van der Waals surface area contributed by atoms with E-state index in [4.69, 9.17) is 5.11 Å². The molecule has 0 fully saturated rings. The summed E-state index contributed by atoms with van der Waals surface area (Å²) in [6, 6.07) is 4.32. The Balaban J connectivity index is 2.74. The molecular formula is C14H20N2O4. The number of carbonyl (C=O) groups excluding carboxylic acids is 1. The number of nitro groups is 1. The smallest absolute Gasteiger partial charge is 0.270 e. The van der Waals surface area contributed by atoms with Crippen LogP contribution in [0, 0.1) is 23.0 Å². The molecule has 1 atom stereocenters. The summed E-state index contributed by atoms with van der Waals surface area (Å²) >= 11 is 0. The number of non-ortho nitro benzene ring substituents is 1. The molecule has 0 bridgehead atoms. The van der Waals surface area contributed by atoms with Crippen molar-refractivity contribution in [3.8, 4) is 0 Å². The van der Waals surface area contributed by atoms with Crippen LogP contribution in [0.4, 0.5) is 5.69 Å². The molecule has 110 valence electrons. The molecule has 1 amide bonds. The molecule has 0 aliphatic heterocycles. The van der Waals surface area contributed by atoms with Gasteiger partial charge in [-0.05, 0) is 30.9 Å². The summed E-state index contributed by atoms with van der Waals surface area (Å²) in [5.41, 5.74) is 0.875. The highest BCUT2D eigenvalue weighted by Crippen LogP contribution is 2.17. The first-order valence-electron chi connectivity index (χ1n) is 6.63. The second-order valence-electron chi connectivity index (χ2n) is 4.81. The average Bonchev–Trinajstić information content (AvgIpc) is 2.42. The van der Waals surface area contributed by atoms with E-state index in [1.165, 1.54) is 12.1 Å². The molecule has 0 saturated heterocycles. The molecule has 1 unspecified atom stereocenters. The number of nitrogens with one attached hydrogen (secondary N) is 1. The van der Waals surface area contributed by atoms with Crippen LogP contribution < -0.4 is 5.32 Å². The van der Waals surface area contributed by atoms with Gasteiger partial charge >= 0.3 is 0 Å². The lowest BCUT2D eigenvalue weighted by atomic mass is 10.0. The van der Waals surface area contributed by atoms with Crippen LogP contribution in [0.3, 0.4) is 0 Å². The standard InChI is InChI=1S/C14H20N2O4/c1-3-11(4-5-17)9-15-14(18)12-6-10(2)7-13(8-12)16(19)20/h6-8,11,17H,3-5,9H2,1-2H3,(H,15,18). The van der Waals surface area contributed by atoms with Crippen LogP contribution in [-0.4, -0.2) is 29.1 Å². The van der Waals surface area contributed by atoms with Crippen LogP contribution in [0.25, 0.3) is 0 Å². The number of rotatable bonds is 7. The number of carbonyl (C=O) groups is 1. The number of benzene rings is 1. The van der Waals surface area contributed by atoms with Gasteiger partial charge in [0.15, 0.2) is 0 Å². The molecule has 1 rings (SSSR count). The number of aliphatic hydroxyl groups excluding tert-OH is 1. The van der Waals surface area contributed by atoms with E-state index in [1.807, 2.05) is 6.92 Å². The molecule has 1 aromatic carbocycles. The third-order valence-electron chi connectivity index (χ3n) is 3.20. The van der Waals surface area contributed by atoms with Gasteiger partial charge in [0.05, 0.1) is 4.92 Å². The van der Waals surface area contributed by atoms with Gasteiger partial charge in [0.2, 0.25) is 0 Å². The van der Waals surface area contributed by atoms with Gasteiger partial charge in [0, 0.05) is 30.8 Å². The van der Waals surface area contributed by atoms with E-state index in [2.05, 4.69) is 5.32 Å². The molecule has 20 heavy (non-hydrogen) atoms. The lowest BCUT2D eigenvalue weighted by molar-refractivity contribution is -0.384. The van der Waals surface area contributed by atoms with Gasteiger partial charge in [-0.15, -0.1) is 0 Å². The van der Waals surface area contributed by atoms with Crippen molar-refractivity contribution in [2.75, 3.05) is 13.2 Å². The highest BCUT2D eigenvalue weighted by molar-refractivity contribution is 5.95. The van der Waals surface area contributed by atoms with Gasteiger partial charge < -0.3 is 10.4 Å². The Labute approximate surface area is 118 Å². The lowest BCUT2D eigenvalue weighted by Crippen LogP contribution is -2.29. The van der Waals surface area contributed by atoms with Gasteiger partial charge in [0.25, 0.3) is 11.6 Å². The number of hydrogen-bond acceptors (Lipinski definition) is 4. The zero-order chi connectivity index (χ0) is 15.1. The fraction of sp³-hybridized carbons (Fsp3) is 0.500. The Hall–Kier alpha value is -1.95.